The van der Waals surface area contributed by atoms with Crippen LogP contribution in [-0.2, 0) is 22.6 Å². The molecule has 1 aliphatic rings. The normalized spacial score (nSPS) is 25.6. The van der Waals surface area contributed by atoms with Crippen LogP contribution in [0.25, 0.3) is 0 Å². The van der Waals surface area contributed by atoms with Gasteiger partial charge in [0.25, 0.3) is 0 Å². The Kier molecular flexibility index (Phi) is 5.76. The summed E-state index contributed by atoms with van der Waals surface area (Å²) in [7, 11) is 0. The standard InChI is InChI=1S/C17H26N2O2/c1-12-7-13(2)9-16(8-12)21-11-15-5-3-14(4-6-15)10-17(20)19-18/h3-6,12-13,16H,7-11,18H2,1-2H3,(H,19,20). The minimum Gasteiger partial charge on any atom is -0.374 e. The van der Waals surface area contributed by atoms with Crippen molar-refractivity contribution in [1.82, 2.24) is 5.43 Å². The molecule has 1 aromatic carbocycles. The number of ether oxygens (including phenoxy) is 1. The van der Waals surface area contributed by atoms with E-state index in [1.165, 1.54) is 19.3 Å². The maximum Gasteiger partial charge on any atom is 0.238 e. The summed E-state index contributed by atoms with van der Waals surface area (Å²) in [5.41, 5.74) is 4.25. The number of nitrogens with two attached hydrogens (primary N) is 1. The molecule has 3 N–H and O–H groups in total. The Bertz CT molecular complexity index is 448. The zero-order valence-electron chi connectivity index (χ0n) is 13.0. The van der Waals surface area contributed by atoms with Gasteiger partial charge in [-0.2, -0.15) is 0 Å². The second kappa shape index (κ2) is 7.57. The zero-order valence-corrected chi connectivity index (χ0v) is 13.0. The Balaban J connectivity index is 1.82. The number of carbonyl (C=O) groups is 1. The SMILES string of the molecule is CC1CC(C)CC(OCc2ccc(CC(=O)NN)cc2)C1. The summed E-state index contributed by atoms with van der Waals surface area (Å²) in [6.07, 6.45) is 4.34. The van der Waals surface area contributed by atoms with Crippen molar-refractivity contribution in [2.24, 2.45) is 17.7 Å². The van der Waals surface area contributed by atoms with Crippen molar-refractivity contribution in [3.63, 3.8) is 0 Å². The van der Waals surface area contributed by atoms with Gasteiger partial charge >= 0.3 is 0 Å². The van der Waals surface area contributed by atoms with Gasteiger partial charge in [-0.3, -0.25) is 10.2 Å². The second-order valence-corrected chi connectivity index (χ2v) is 6.41. The van der Waals surface area contributed by atoms with E-state index in [0.717, 1.165) is 23.0 Å². The highest BCUT2D eigenvalue weighted by molar-refractivity contribution is 5.77. The third kappa shape index (κ3) is 5.14. The van der Waals surface area contributed by atoms with Crippen molar-refractivity contribution in [3.05, 3.63) is 35.4 Å². The number of hydrogen-bond donors (Lipinski definition) is 2. The van der Waals surface area contributed by atoms with Gasteiger partial charge in [0.15, 0.2) is 0 Å². The van der Waals surface area contributed by atoms with Crippen LogP contribution >= 0.6 is 0 Å². The van der Waals surface area contributed by atoms with Gasteiger partial charge in [0.2, 0.25) is 5.91 Å². The molecule has 2 atom stereocenters. The number of amides is 1. The van der Waals surface area contributed by atoms with E-state index in [9.17, 15) is 4.79 Å². The van der Waals surface area contributed by atoms with Crippen LogP contribution in [0.3, 0.4) is 0 Å². The van der Waals surface area contributed by atoms with Crippen LogP contribution in [0.4, 0.5) is 0 Å². The lowest BCUT2D eigenvalue weighted by Gasteiger charge is -2.31. The Morgan fingerprint density at radius 3 is 2.29 bits per heavy atom. The average Bonchev–Trinajstić information content (AvgIpc) is 2.45. The summed E-state index contributed by atoms with van der Waals surface area (Å²) < 4.78 is 6.05. The highest BCUT2D eigenvalue weighted by Crippen LogP contribution is 2.30. The second-order valence-electron chi connectivity index (χ2n) is 6.41. The molecule has 4 nitrogen and oxygen atoms in total. The number of carbonyl (C=O) groups excluding carboxylic acids is 1. The maximum absolute atomic E-state index is 11.2. The topological polar surface area (TPSA) is 64.3 Å². The molecular weight excluding hydrogens is 264 g/mol. The maximum atomic E-state index is 11.2. The van der Waals surface area contributed by atoms with Crippen LogP contribution < -0.4 is 11.3 Å². The molecule has 1 aromatic rings. The molecule has 0 aliphatic heterocycles. The number of benzene rings is 1. The van der Waals surface area contributed by atoms with E-state index < -0.39 is 0 Å². The molecule has 2 unspecified atom stereocenters. The molecule has 2 rings (SSSR count). The minimum atomic E-state index is -0.177. The third-order valence-corrected chi connectivity index (χ3v) is 4.17. The van der Waals surface area contributed by atoms with Crippen molar-refractivity contribution in [2.45, 2.75) is 52.2 Å². The Morgan fingerprint density at radius 1 is 1.14 bits per heavy atom. The molecule has 0 spiro atoms. The first-order valence-corrected chi connectivity index (χ1v) is 7.75. The van der Waals surface area contributed by atoms with Crippen molar-refractivity contribution in [1.29, 1.82) is 0 Å². The first kappa shape index (κ1) is 16.0. The zero-order chi connectivity index (χ0) is 15.2. The molecule has 0 heterocycles. The predicted octanol–water partition coefficient (Wildman–Crippen LogP) is 2.56. The molecule has 21 heavy (non-hydrogen) atoms. The smallest absolute Gasteiger partial charge is 0.238 e. The van der Waals surface area contributed by atoms with Crippen molar-refractivity contribution in [3.8, 4) is 0 Å². The molecule has 1 saturated carbocycles. The Morgan fingerprint density at radius 2 is 1.71 bits per heavy atom. The van der Waals surface area contributed by atoms with Crippen molar-refractivity contribution in [2.75, 3.05) is 0 Å². The van der Waals surface area contributed by atoms with Crippen LogP contribution in [0, 0.1) is 11.8 Å². The fraction of sp³-hybridized carbons (Fsp3) is 0.588. The molecule has 116 valence electrons. The van der Waals surface area contributed by atoms with Gasteiger partial charge in [0.05, 0.1) is 19.1 Å². The molecule has 1 fully saturated rings. The number of hydrazine groups is 1. The lowest BCUT2D eigenvalue weighted by Crippen LogP contribution is -2.31. The van der Waals surface area contributed by atoms with E-state index in [1.807, 2.05) is 24.3 Å². The van der Waals surface area contributed by atoms with Crippen LogP contribution in [0.15, 0.2) is 24.3 Å². The quantitative estimate of drug-likeness (QED) is 0.497. The first-order valence-electron chi connectivity index (χ1n) is 7.75. The van der Waals surface area contributed by atoms with E-state index in [0.29, 0.717) is 19.1 Å². The summed E-state index contributed by atoms with van der Waals surface area (Å²) in [4.78, 5) is 11.2. The average molecular weight is 290 g/mol. The molecule has 0 bridgehead atoms. The molecule has 1 aliphatic carbocycles. The highest BCUT2D eigenvalue weighted by Gasteiger charge is 2.24. The summed E-state index contributed by atoms with van der Waals surface area (Å²) in [5.74, 6) is 6.43. The fourth-order valence-corrected chi connectivity index (χ4v) is 3.21. The lowest BCUT2D eigenvalue weighted by atomic mass is 9.82. The minimum absolute atomic E-state index is 0.177. The number of nitrogens with one attached hydrogen (secondary N) is 1. The van der Waals surface area contributed by atoms with Gasteiger partial charge in [0, 0.05) is 0 Å². The number of rotatable bonds is 5. The first-order chi connectivity index (χ1) is 10.1. The van der Waals surface area contributed by atoms with Crippen LogP contribution in [-0.4, -0.2) is 12.0 Å². The largest absolute Gasteiger partial charge is 0.374 e. The lowest BCUT2D eigenvalue weighted by molar-refractivity contribution is -0.120. The Hall–Kier alpha value is -1.39. The van der Waals surface area contributed by atoms with E-state index in [-0.39, 0.29) is 5.91 Å². The molecule has 0 aromatic heterocycles. The van der Waals surface area contributed by atoms with Gasteiger partial charge in [-0.05, 0) is 42.2 Å². The summed E-state index contributed by atoms with van der Waals surface area (Å²) >= 11 is 0. The van der Waals surface area contributed by atoms with Crippen LogP contribution in [0.2, 0.25) is 0 Å². The third-order valence-electron chi connectivity index (χ3n) is 4.17. The fourth-order valence-electron chi connectivity index (χ4n) is 3.21. The highest BCUT2D eigenvalue weighted by atomic mass is 16.5. The van der Waals surface area contributed by atoms with Gasteiger partial charge in [0.1, 0.15) is 0 Å². The molecule has 4 heteroatoms. The van der Waals surface area contributed by atoms with Gasteiger partial charge in [-0.15, -0.1) is 0 Å². The van der Waals surface area contributed by atoms with Gasteiger partial charge in [-0.25, -0.2) is 5.84 Å². The molecule has 0 radical (unpaired) electrons. The molecule has 0 saturated heterocycles. The Labute approximate surface area is 127 Å². The van der Waals surface area contributed by atoms with Crippen molar-refractivity contribution < 1.29 is 9.53 Å². The summed E-state index contributed by atoms with van der Waals surface area (Å²) in [5, 5.41) is 0. The van der Waals surface area contributed by atoms with E-state index in [4.69, 9.17) is 10.6 Å². The summed E-state index contributed by atoms with van der Waals surface area (Å²) in [6.45, 7) is 5.26. The summed E-state index contributed by atoms with van der Waals surface area (Å²) in [6, 6.07) is 7.96. The monoisotopic (exact) mass is 290 g/mol. The van der Waals surface area contributed by atoms with Gasteiger partial charge in [-0.1, -0.05) is 38.1 Å². The van der Waals surface area contributed by atoms with Crippen molar-refractivity contribution >= 4 is 5.91 Å². The van der Waals surface area contributed by atoms with Crippen LogP contribution in [0.5, 0.6) is 0 Å². The van der Waals surface area contributed by atoms with E-state index >= 15 is 0 Å². The van der Waals surface area contributed by atoms with Gasteiger partial charge < -0.3 is 4.74 Å². The number of hydrogen-bond acceptors (Lipinski definition) is 3. The predicted molar refractivity (Wildman–Crippen MR) is 83.2 cm³/mol. The van der Waals surface area contributed by atoms with E-state index in [1.54, 1.807) is 0 Å². The molecule has 1 amide bonds. The van der Waals surface area contributed by atoms with E-state index in [2.05, 4.69) is 19.3 Å². The molecular formula is C17H26N2O2. The van der Waals surface area contributed by atoms with Crippen LogP contribution in [0.1, 0.15) is 44.2 Å².